The molecular formula is C33H46BF2N3O5. The Morgan fingerprint density at radius 2 is 1.59 bits per heavy atom. The van der Waals surface area contributed by atoms with Crippen LogP contribution < -0.4 is 10.4 Å². The number of nitrogens with zero attached hydrogens (tertiary/aromatic N) is 3. The molecule has 8 nitrogen and oxygen atoms in total. The standard InChI is InChI=1S/C33H46BF2N3O5/c1-28(2,3)42-27(41)37-14-11-32(12-15-37)24-9-8-21(34-43-29(4,5)30(6,7)44-34)16-25(24)39(26(32)40)23-17-22(18-23)38-13-10-31(20-38)19-33(31,35)36/h8-9,16,22-23H,10-15,17-20H2,1-7H3/t22-,23+,31?. The number of likely N-dealkylation sites (tertiary alicyclic amines) is 2. The van der Waals surface area contributed by atoms with E-state index in [0.717, 1.165) is 29.6 Å². The van der Waals surface area contributed by atoms with Gasteiger partial charge in [-0.2, -0.15) is 0 Å². The lowest BCUT2D eigenvalue weighted by atomic mass is 9.71. The van der Waals surface area contributed by atoms with Crippen molar-refractivity contribution in [2.45, 2.75) is 127 Å². The van der Waals surface area contributed by atoms with Crippen LogP contribution in [0.1, 0.15) is 92.6 Å². The number of carbonyl (C=O) groups is 2. The first-order valence-corrected chi connectivity index (χ1v) is 16.3. The predicted octanol–water partition coefficient (Wildman–Crippen LogP) is 4.86. The second-order valence-electron chi connectivity index (χ2n) is 16.3. The summed E-state index contributed by atoms with van der Waals surface area (Å²) in [7, 11) is -0.553. The average Bonchev–Trinajstić information content (AvgIpc) is 3.14. The van der Waals surface area contributed by atoms with Crippen LogP contribution in [0.5, 0.6) is 0 Å². The summed E-state index contributed by atoms with van der Waals surface area (Å²) in [6.07, 6.45) is 2.80. The molecule has 5 fully saturated rings. The van der Waals surface area contributed by atoms with E-state index in [2.05, 4.69) is 17.0 Å². The third kappa shape index (κ3) is 4.54. The Labute approximate surface area is 259 Å². The molecule has 0 N–H and O–H groups in total. The number of carbonyl (C=O) groups excluding carboxylic acids is 2. The van der Waals surface area contributed by atoms with E-state index in [0.29, 0.717) is 45.4 Å². The molecule has 1 atom stereocenters. The van der Waals surface area contributed by atoms with Gasteiger partial charge in [-0.1, -0.05) is 12.1 Å². The second kappa shape index (κ2) is 9.41. The van der Waals surface area contributed by atoms with Crippen molar-refractivity contribution in [1.82, 2.24) is 9.80 Å². The normalized spacial score (nSPS) is 33.2. The number of halogens is 2. The van der Waals surface area contributed by atoms with Crippen LogP contribution in [0.2, 0.25) is 0 Å². The van der Waals surface area contributed by atoms with E-state index in [-0.39, 0.29) is 30.5 Å². The third-order valence-corrected chi connectivity index (χ3v) is 11.8. The molecule has 240 valence electrons. The maximum Gasteiger partial charge on any atom is 0.494 e. The maximum atomic E-state index is 14.6. The topological polar surface area (TPSA) is 71.6 Å². The smallest absolute Gasteiger partial charge is 0.444 e. The Hall–Kier alpha value is -2.24. The molecule has 2 aliphatic carbocycles. The van der Waals surface area contributed by atoms with Gasteiger partial charge in [-0.05, 0) is 104 Å². The monoisotopic (exact) mass is 613 g/mol. The van der Waals surface area contributed by atoms with Gasteiger partial charge in [0.15, 0.2) is 0 Å². The van der Waals surface area contributed by atoms with Crippen LogP contribution >= 0.6 is 0 Å². The Kier molecular flexibility index (Phi) is 6.51. The summed E-state index contributed by atoms with van der Waals surface area (Å²) in [4.78, 5) is 33.3. The van der Waals surface area contributed by atoms with Crippen molar-refractivity contribution in [2.75, 3.05) is 31.1 Å². The summed E-state index contributed by atoms with van der Waals surface area (Å²) in [6.45, 7) is 15.7. The van der Waals surface area contributed by atoms with Gasteiger partial charge in [-0.15, -0.1) is 0 Å². The zero-order chi connectivity index (χ0) is 31.7. The van der Waals surface area contributed by atoms with Gasteiger partial charge >= 0.3 is 13.2 Å². The Balaban J connectivity index is 1.14. The molecule has 0 bridgehead atoms. The van der Waals surface area contributed by atoms with E-state index in [1.165, 1.54) is 0 Å². The minimum absolute atomic E-state index is 0.000629. The summed E-state index contributed by atoms with van der Waals surface area (Å²) in [6, 6.07) is 6.35. The van der Waals surface area contributed by atoms with E-state index in [1.807, 2.05) is 59.4 Å². The number of amides is 2. The average molecular weight is 614 g/mol. The molecule has 1 aromatic rings. The number of piperidine rings is 1. The SMILES string of the molecule is CC(C)(C)OC(=O)N1CCC2(CC1)C(=O)N([C@H]1C[C@@H](N3CCC4(C3)CC4(F)F)C1)c1cc(B3OC(C)(C)C(C)(C)O3)ccc12. The van der Waals surface area contributed by atoms with Crippen molar-refractivity contribution in [3.8, 4) is 0 Å². The molecule has 4 heterocycles. The lowest BCUT2D eigenvalue weighted by Gasteiger charge is -2.46. The van der Waals surface area contributed by atoms with Gasteiger partial charge < -0.3 is 23.8 Å². The molecule has 1 aromatic carbocycles. The van der Waals surface area contributed by atoms with Gasteiger partial charge in [-0.25, -0.2) is 13.6 Å². The number of anilines is 1. The fraction of sp³-hybridized carbons (Fsp3) is 0.758. The van der Waals surface area contributed by atoms with E-state index in [1.54, 1.807) is 4.90 Å². The molecule has 3 saturated heterocycles. The highest BCUT2D eigenvalue weighted by atomic mass is 19.3. The van der Waals surface area contributed by atoms with E-state index in [9.17, 15) is 18.4 Å². The maximum absolute atomic E-state index is 14.6. The highest BCUT2D eigenvalue weighted by Crippen LogP contribution is 2.65. The molecular weight excluding hydrogens is 567 g/mol. The predicted molar refractivity (Wildman–Crippen MR) is 163 cm³/mol. The van der Waals surface area contributed by atoms with E-state index >= 15 is 0 Å². The van der Waals surface area contributed by atoms with Crippen LogP contribution in [0.4, 0.5) is 19.3 Å². The molecule has 1 unspecified atom stereocenters. The highest BCUT2D eigenvalue weighted by Gasteiger charge is 2.73. The van der Waals surface area contributed by atoms with E-state index < -0.39 is 40.7 Å². The Morgan fingerprint density at radius 3 is 2.14 bits per heavy atom. The lowest BCUT2D eigenvalue weighted by Crippen LogP contribution is -2.58. The first kappa shape index (κ1) is 30.4. The minimum Gasteiger partial charge on any atom is -0.444 e. The highest BCUT2D eigenvalue weighted by molar-refractivity contribution is 6.62. The van der Waals surface area contributed by atoms with Crippen LogP contribution in [0.15, 0.2) is 18.2 Å². The molecule has 6 aliphatic rings. The van der Waals surface area contributed by atoms with Gasteiger partial charge in [0.25, 0.3) is 5.92 Å². The summed E-state index contributed by atoms with van der Waals surface area (Å²) in [5.41, 5.74) is -0.358. The van der Waals surface area contributed by atoms with Crippen molar-refractivity contribution in [1.29, 1.82) is 0 Å². The van der Waals surface area contributed by atoms with Crippen LogP contribution in [-0.4, -0.2) is 89.9 Å². The zero-order valence-corrected chi connectivity index (χ0v) is 27.2. The number of alkyl halides is 2. The molecule has 7 rings (SSSR count). The molecule has 2 saturated carbocycles. The number of fused-ring (bicyclic) bond motifs is 2. The first-order chi connectivity index (χ1) is 20.4. The quantitative estimate of drug-likeness (QED) is 0.454. The number of rotatable bonds is 3. The Bertz CT molecular complexity index is 1370. The largest absolute Gasteiger partial charge is 0.494 e. The molecule has 4 aliphatic heterocycles. The number of ether oxygens (including phenoxy) is 1. The third-order valence-electron chi connectivity index (χ3n) is 11.8. The fourth-order valence-corrected chi connectivity index (χ4v) is 8.08. The minimum atomic E-state index is -2.53. The summed E-state index contributed by atoms with van der Waals surface area (Å²) in [5.74, 6) is -2.45. The molecule has 0 aromatic heterocycles. The molecule has 0 radical (unpaired) electrons. The second-order valence-corrected chi connectivity index (χ2v) is 16.3. The van der Waals surface area contributed by atoms with Crippen LogP contribution in [0.3, 0.4) is 0 Å². The van der Waals surface area contributed by atoms with E-state index in [4.69, 9.17) is 14.0 Å². The van der Waals surface area contributed by atoms with Crippen LogP contribution in [0, 0.1) is 5.41 Å². The Morgan fingerprint density at radius 1 is 0.977 bits per heavy atom. The van der Waals surface area contributed by atoms with Crippen molar-refractivity contribution >= 4 is 30.3 Å². The molecule has 2 spiro atoms. The zero-order valence-electron chi connectivity index (χ0n) is 27.2. The molecule has 2 amide bonds. The first-order valence-electron chi connectivity index (χ1n) is 16.3. The number of hydrogen-bond acceptors (Lipinski definition) is 6. The number of benzene rings is 1. The van der Waals surface area contributed by atoms with Gasteiger partial charge in [0.2, 0.25) is 5.91 Å². The van der Waals surface area contributed by atoms with Crippen molar-refractivity contribution in [3.63, 3.8) is 0 Å². The lowest BCUT2D eigenvalue weighted by molar-refractivity contribution is -0.126. The summed E-state index contributed by atoms with van der Waals surface area (Å²) in [5, 5.41) is 0. The van der Waals surface area contributed by atoms with Gasteiger partial charge in [-0.3, -0.25) is 9.69 Å². The van der Waals surface area contributed by atoms with Gasteiger partial charge in [0.05, 0.1) is 22.0 Å². The summed E-state index contributed by atoms with van der Waals surface area (Å²) < 4.78 is 46.5. The molecule has 44 heavy (non-hydrogen) atoms. The van der Waals surface area contributed by atoms with Crippen molar-refractivity contribution in [3.05, 3.63) is 23.8 Å². The van der Waals surface area contributed by atoms with Crippen LogP contribution in [-0.2, 0) is 24.3 Å². The van der Waals surface area contributed by atoms with Crippen LogP contribution in [0.25, 0.3) is 0 Å². The van der Waals surface area contributed by atoms with Gasteiger partial charge in [0.1, 0.15) is 5.60 Å². The van der Waals surface area contributed by atoms with Crippen molar-refractivity contribution in [2.24, 2.45) is 5.41 Å². The summed E-state index contributed by atoms with van der Waals surface area (Å²) >= 11 is 0. The molecule has 11 heteroatoms. The fourth-order valence-electron chi connectivity index (χ4n) is 8.08. The van der Waals surface area contributed by atoms with Gasteiger partial charge in [0, 0.05) is 43.8 Å². The van der Waals surface area contributed by atoms with Crippen molar-refractivity contribution < 1.29 is 32.4 Å². The number of hydrogen-bond donors (Lipinski definition) is 0.